The molecule has 8 heavy (non-hydrogen) atoms. The van der Waals surface area contributed by atoms with Gasteiger partial charge in [-0.15, -0.1) is 0 Å². The molecule has 1 aromatic heterocycles. The molecule has 0 aliphatic rings. The van der Waals surface area contributed by atoms with E-state index in [1.807, 2.05) is 6.92 Å². The SMILES string of the molecule is Cc1n[c]cc(I)n1. The van der Waals surface area contributed by atoms with Crippen molar-refractivity contribution in [3.8, 4) is 0 Å². The van der Waals surface area contributed by atoms with Crippen LogP contribution in [0.3, 0.4) is 0 Å². The molecule has 0 N–H and O–H groups in total. The molecule has 2 nitrogen and oxygen atoms in total. The number of aromatic nitrogens is 2. The topological polar surface area (TPSA) is 25.8 Å². The quantitative estimate of drug-likeness (QED) is 0.483. The lowest BCUT2D eigenvalue weighted by Gasteiger charge is -1.86. The maximum absolute atomic E-state index is 4.02. The highest BCUT2D eigenvalue weighted by molar-refractivity contribution is 14.1. The van der Waals surface area contributed by atoms with Crippen LogP contribution in [0, 0.1) is 16.8 Å². The van der Waals surface area contributed by atoms with Crippen molar-refractivity contribution < 1.29 is 0 Å². The average Bonchev–Trinajstić information content (AvgIpc) is 1.64. The molecule has 1 rings (SSSR count). The summed E-state index contributed by atoms with van der Waals surface area (Å²) in [7, 11) is 0. The standard InChI is InChI=1S/C5H4IN2/c1-4-7-3-2-5(6)8-4/h2H,1H3. The fourth-order valence-corrected chi connectivity index (χ4v) is 0.879. The Bertz CT molecular complexity index is 170. The predicted molar refractivity (Wildman–Crippen MR) is 38.3 cm³/mol. The Hall–Kier alpha value is -0.190. The normalized spacial score (nSPS) is 9.25. The van der Waals surface area contributed by atoms with Crippen LogP contribution in [0.25, 0.3) is 0 Å². The van der Waals surface area contributed by atoms with Crippen LogP contribution in [0.4, 0.5) is 0 Å². The second-order valence-corrected chi connectivity index (χ2v) is 2.47. The van der Waals surface area contributed by atoms with Gasteiger partial charge in [-0.05, 0) is 35.6 Å². The molecular formula is C5H4IN2. The van der Waals surface area contributed by atoms with E-state index < -0.39 is 0 Å². The van der Waals surface area contributed by atoms with E-state index in [9.17, 15) is 0 Å². The van der Waals surface area contributed by atoms with E-state index in [2.05, 4.69) is 38.8 Å². The Labute approximate surface area is 61.5 Å². The van der Waals surface area contributed by atoms with Gasteiger partial charge in [-0.2, -0.15) is 0 Å². The summed E-state index contributed by atoms with van der Waals surface area (Å²) in [6.45, 7) is 1.85. The zero-order valence-electron chi connectivity index (χ0n) is 4.35. The molecule has 0 aromatic carbocycles. The summed E-state index contributed by atoms with van der Waals surface area (Å²) in [5, 5.41) is 0. The average molecular weight is 219 g/mol. The summed E-state index contributed by atoms with van der Waals surface area (Å²) in [4.78, 5) is 7.82. The van der Waals surface area contributed by atoms with E-state index in [-0.39, 0.29) is 0 Å². The third-order valence-corrected chi connectivity index (χ3v) is 1.23. The van der Waals surface area contributed by atoms with E-state index in [1.165, 1.54) is 0 Å². The highest BCUT2D eigenvalue weighted by atomic mass is 127. The lowest BCUT2D eigenvalue weighted by atomic mass is 10.6. The number of aryl methyl sites for hydroxylation is 1. The third kappa shape index (κ3) is 1.40. The van der Waals surface area contributed by atoms with Crippen LogP contribution in [0.15, 0.2) is 6.07 Å². The van der Waals surface area contributed by atoms with Crippen molar-refractivity contribution in [2.45, 2.75) is 6.92 Å². The van der Waals surface area contributed by atoms with Crippen LogP contribution in [-0.4, -0.2) is 9.97 Å². The molecule has 0 aliphatic carbocycles. The fraction of sp³-hybridized carbons (Fsp3) is 0.200. The van der Waals surface area contributed by atoms with Gasteiger partial charge in [0.1, 0.15) is 9.53 Å². The molecule has 1 radical (unpaired) electrons. The Balaban J connectivity index is 3.08. The van der Waals surface area contributed by atoms with Crippen molar-refractivity contribution in [2.75, 3.05) is 0 Å². The van der Waals surface area contributed by atoms with Gasteiger partial charge in [0.25, 0.3) is 0 Å². The monoisotopic (exact) mass is 219 g/mol. The lowest BCUT2D eigenvalue weighted by molar-refractivity contribution is 1.02. The van der Waals surface area contributed by atoms with E-state index in [1.54, 1.807) is 6.07 Å². The van der Waals surface area contributed by atoms with Crippen LogP contribution >= 0.6 is 22.6 Å². The van der Waals surface area contributed by atoms with Gasteiger partial charge in [-0.1, -0.05) is 0 Å². The maximum atomic E-state index is 4.02. The first-order chi connectivity index (χ1) is 3.79. The van der Waals surface area contributed by atoms with Crippen molar-refractivity contribution in [2.24, 2.45) is 0 Å². The minimum Gasteiger partial charge on any atom is -0.231 e. The molecule has 0 atom stereocenters. The van der Waals surface area contributed by atoms with Gasteiger partial charge in [-0.25, -0.2) is 9.97 Å². The van der Waals surface area contributed by atoms with Crippen LogP contribution in [-0.2, 0) is 0 Å². The maximum Gasteiger partial charge on any atom is 0.127 e. The number of halogens is 1. The number of nitrogens with zero attached hydrogens (tertiary/aromatic N) is 2. The number of rotatable bonds is 0. The molecule has 0 amide bonds. The Morgan fingerprint density at radius 1 is 1.75 bits per heavy atom. The first kappa shape index (κ1) is 5.94. The van der Waals surface area contributed by atoms with E-state index in [4.69, 9.17) is 0 Å². The molecule has 0 saturated heterocycles. The molecule has 0 unspecified atom stereocenters. The summed E-state index contributed by atoms with van der Waals surface area (Å²) in [5.41, 5.74) is 0. The molecule has 3 heteroatoms. The lowest BCUT2D eigenvalue weighted by Crippen LogP contribution is -1.87. The zero-order valence-corrected chi connectivity index (χ0v) is 6.51. The van der Waals surface area contributed by atoms with Crippen molar-refractivity contribution >= 4 is 22.6 Å². The van der Waals surface area contributed by atoms with Gasteiger partial charge in [0.2, 0.25) is 0 Å². The highest BCUT2D eigenvalue weighted by Gasteiger charge is 1.85. The highest BCUT2D eigenvalue weighted by Crippen LogP contribution is 1.96. The molecule has 1 aromatic rings. The van der Waals surface area contributed by atoms with Crippen LogP contribution < -0.4 is 0 Å². The van der Waals surface area contributed by atoms with E-state index >= 15 is 0 Å². The largest absolute Gasteiger partial charge is 0.231 e. The second kappa shape index (κ2) is 2.39. The fourth-order valence-electron chi connectivity index (χ4n) is 0.391. The minimum absolute atomic E-state index is 0.775. The third-order valence-electron chi connectivity index (χ3n) is 0.679. The van der Waals surface area contributed by atoms with Gasteiger partial charge in [0.15, 0.2) is 0 Å². The van der Waals surface area contributed by atoms with Gasteiger partial charge in [-0.3, -0.25) is 0 Å². The van der Waals surface area contributed by atoms with E-state index in [0.717, 1.165) is 9.53 Å². The van der Waals surface area contributed by atoms with Crippen molar-refractivity contribution in [3.63, 3.8) is 0 Å². The molecule has 0 bridgehead atoms. The Morgan fingerprint density at radius 3 is 2.88 bits per heavy atom. The molecule has 0 spiro atoms. The molecule has 41 valence electrons. The first-order valence-electron chi connectivity index (χ1n) is 2.16. The summed E-state index contributed by atoms with van der Waals surface area (Å²) in [6, 6.07) is 1.74. The van der Waals surface area contributed by atoms with Crippen LogP contribution in [0.1, 0.15) is 5.82 Å². The number of hydrogen-bond donors (Lipinski definition) is 0. The number of hydrogen-bond acceptors (Lipinski definition) is 2. The van der Waals surface area contributed by atoms with Crippen molar-refractivity contribution in [1.82, 2.24) is 9.97 Å². The zero-order chi connectivity index (χ0) is 5.98. The molecular weight excluding hydrogens is 215 g/mol. The second-order valence-electron chi connectivity index (χ2n) is 1.37. The predicted octanol–water partition coefficient (Wildman–Crippen LogP) is 1.19. The summed E-state index contributed by atoms with van der Waals surface area (Å²) in [6.07, 6.45) is 2.71. The van der Waals surface area contributed by atoms with E-state index in [0.29, 0.717) is 0 Å². The summed E-state index contributed by atoms with van der Waals surface area (Å²) in [5.74, 6) is 0.775. The Morgan fingerprint density at radius 2 is 2.50 bits per heavy atom. The Kier molecular flexibility index (Phi) is 1.77. The minimum atomic E-state index is 0.775. The van der Waals surface area contributed by atoms with Gasteiger partial charge in [0, 0.05) is 0 Å². The van der Waals surface area contributed by atoms with Crippen molar-refractivity contribution in [1.29, 1.82) is 0 Å². The van der Waals surface area contributed by atoms with Gasteiger partial charge in [0.05, 0.1) is 6.20 Å². The summed E-state index contributed by atoms with van der Waals surface area (Å²) < 4.78 is 0.940. The van der Waals surface area contributed by atoms with Crippen LogP contribution in [0.5, 0.6) is 0 Å². The summed E-state index contributed by atoms with van der Waals surface area (Å²) >= 11 is 2.12. The van der Waals surface area contributed by atoms with Gasteiger partial charge >= 0.3 is 0 Å². The molecule has 0 fully saturated rings. The molecule has 0 saturated carbocycles. The van der Waals surface area contributed by atoms with Crippen molar-refractivity contribution in [3.05, 3.63) is 21.8 Å². The first-order valence-corrected chi connectivity index (χ1v) is 3.24. The van der Waals surface area contributed by atoms with Gasteiger partial charge < -0.3 is 0 Å². The molecule has 0 aliphatic heterocycles. The smallest absolute Gasteiger partial charge is 0.127 e. The van der Waals surface area contributed by atoms with Crippen LogP contribution in [0.2, 0.25) is 0 Å². The molecule has 1 heterocycles.